The number of nitrogens with one attached hydrogen (secondary N) is 1. The first-order chi connectivity index (χ1) is 39.2. The van der Waals surface area contributed by atoms with E-state index < -0.39 is 16.9 Å². The van der Waals surface area contributed by atoms with Crippen LogP contribution in [0.4, 0.5) is 0 Å². The van der Waals surface area contributed by atoms with Gasteiger partial charge in [-0.1, -0.05) is 76.2 Å². The zero-order valence-electron chi connectivity index (χ0n) is 59.5. The number of nitrogens with zero attached hydrogens (tertiary/aromatic N) is 4. The van der Waals surface area contributed by atoms with Crippen LogP contribution >= 0.6 is 0 Å². The fraction of sp³-hybridized carbons (Fsp3) is 0.877. The van der Waals surface area contributed by atoms with Crippen molar-refractivity contribution >= 4 is 47.4 Å². The molecule has 1 saturated heterocycles. The Hall–Kier alpha value is -4.40. The lowest BCUT2D eigenvalue weighted by Crippen LogP contribution is -2.34. The zero-order chi connectivity index (χ0) is 68.4. The van der Waals surface area contributed by atoms with Gasteiger partial charge in [0, 0.05) is 97.1 Å². The minimum atomic E-state index is -0.975. The Morgan fingerprint density at radius 1 is 0.600 bits per heavy atom. The van der Waals surface area contributed by atoms with Crippen LogP contribution in [0, 0.1) is 34.0 Å². The normalized spacial score (nSPS) is 13.7. The molecule has 0 bridgehead atoms. The Kier molecular flexibility index (Phi) is 60.9. The van der Waals surface area contributed by atoms with E-state index in [0.717, 1.165) is 77.4 Å². The number of amides is 5. The Bertz CT molecular complexity index is 1740. The largest absolute Gasteiger partial charge is 0.463 e. The van der Waals surface area contributed by atoms with E-state index in [2.05, 4.69) is 26.1 Å². The molecule has 1 fully saturated rings. The Labute approximate surface area is 519 Å². The summed E-state index contributed by atoms with van der Waals surface area (Å²) < 4.78 is 19.3. The second-order valence-corrected chi connectivity index (χ2v) is 23.8. The summed E-state index contributed by atoms with van der Waals surface area (Å²) in [7, 11) is 6.98. The van der Waals surface area contributed by atoms with Crippen molar-refractivity contribution in [2.45, 2.75) is 255 Å². The van der Waals surface area contributed by atoms with Gasteiger partial charge in [-0.15, -0.1) is 0 Å². The minimum Gasteiger partial charge on any atom is -0.463 e. The third kappa shape index (κ3) is 49.3. The number of hydrogen-bond donors (Lipinski definition) is 4. The lowest BCUT2D eigenvalue weighted by molar-refractivity contribution is -0.158. The summed E-state index contributed by atoms with van der Waals surface area (Å²) in [5.41, 5.74) is -1.31. The number of likely N-dealkylation sites (tertiary alicyclic amines) is 1. The van der Waals surface area contributed by atoms with E-state index >= 15 is 0 Å². The van der Waals surface area contributed by atoms with Crippen molar-refractivity contribution in [1.29, 1.82) is 0 Å². The minimum absolute atomic E-state index is 0.0995. The summed E-state index contributed by atoms with van der Waals surface area (Å²) in [5.74, 6) is 0.946. The molecule has 0 aliphatic carbocycles. The standard InChI is InChI=1S/C9H19NO.C9H18O4.C9H18O3.C8H15NO.C8H17NO.C8H16O3.2C7H15NO/c1-5-8(4)9(11)10(6-2)7-3;1-4-9(2,3)8(12)13-6-7(11)5-10;1-5-9(2,3)8(10)12-7-6-11-4;1-3-7(2)9-6-4-5-8(9)10;1-5-7(4)8(10)9-6(2)3;1-4-8(2,3)7(10)11-6-5-9;1-5-6(2)7(9)8(3)4;1-5-6(2)8(4)7(3)9/h8H,5-7H2,1-4H3;7,10-11H,4-6H2,1-3H3;5-7H2,1-4H3;7H,3-6H2,1-2H3;6-7H,5H2,1-4H3,(H,9,10);9H,4-6H2,1-3H3;2*6H,5H2,1-4H3. The lowest BCUT2D eigenvalue weighted by atomic mass is 9.91. The molecular weight excluding hydrogens is 1090 g/mol. The molecular formula is C65H133N5O15. The van der Waals surface area contributed by atoms with Crippen LogP contribution in [0.1, 0.15) is 230 Å². The van der Waals surface area contributed by atoms with Crippen LogP contribution in [0.3, 0.4) is 0 Å². The molecule has 1 rings (SSSR count). The molecule has 0 saturated carbocycles. The maximum Gasteiger partial charge on any atom is 0.311 e. The number of methoxy groups -OCH3 is 1. The SMILES string of the molecule is CCC(C)(C)C(=O)OCC(O)CO.CCC(C)(C)C(=O)OCCO.CCC(C)(C)C(=O)OCCOC.CCC(C)C(=O)N(C)C.CCC(C)C(=O)N(CC)CC.CCC(C)C(=O)NC(C)C.CCC(C)N(C)C(C)=O.CCC(C)N1CCCC1=O. The number of carbonyl (C=O) groups excluding carboxylic acids is 8. The molecule has 85 heavy (non-hydrogen) atoms. The van der Waals surface area contributed by atoms with E-state index in [1.165, 1.54) is 0 Å². The average molecular weight is 1220 g/mol. The first-order valence-electron chi connectivity index (χ1n) is 31.4. The van der Waals surface area contributed by atoms with Gasteiger partial charge in [0.2, 0.25) is 29.5 Å². The summed E-state index contributed by atoms with van der Waals surface area (Å²) in [6, 6.07) is 1.10. The molecule has 1 aliphatic rings. The summed E-state index contributed by atoms with van der Waals surface area (Å²) in [4.78, 5) is 96.3. The number of ether oxygens (including phenoxy) is 4. The number of aliphatic hydroxyl groups excluding tert-OH is 3. The van der Waals surface area contributed by atoms with Crippen LogP contribution in [0.5, 0.6) is 0 Å². The quantitative estimate of drug-likeness (QED) is 0.0339. The van der Waals surface area contributed by atoms with Gasteiger partial charge in [-0.25, -0.2) is 0 Å². The van der Waals surface area contributed by atoms with Gasteiger partial charge in [0.15, 0.2) is 0 Å². The number of carbonyl (C=O) groups is 8. The monoisotopic (exact) mass is 1220 g/mol. The van der Waals surface area contributed by atoms with Crippen LogP contribution in [0.15, 0.2) is 0 Å². The average Bonchev–Trinajstić information content (AvgIpc) is 3.93. The third-order valence-corrected chi connectivity index (χ3v) is 14.8. The highest BCUT2D eigenvalue weighted by Gasteiger charge is 2.29. The van der Waals surface area contributed by atoms with E-state index in [1.54, 1.807) is 51.8 Å². The predicted molar refractivity (Wildman–Crippen MR) is 344 cm³/mol. The molecule has 0 radical (unpaired) electrons. The van der Waals surface area contributed by atoms with E-state index in [1.807, 2.05) is 141 Å². The van der Waals surface area contributed by atoms with Crippen molar-refractivity contribution in [2.24, 2.45) is 34.0 Å². The smallest absolute Gasteiger partial charge is 0.311 e. The van der Waals surface area contributed by atoms with Gasteiger partial charge in [-0.2, -0.15) is 0 Å². The number of rotatable bonds is 27. The highest BCUT2D eigenvalue weighted by molar-refractivity contribution is 5.80. The van der Waals surface area contributed by atoms with Crippen molar-refractivity contribution < 1.29 is 72.6 Å². The van der Waals surface area contributed by atoms with Crippen LogP contribution in [0.25, 0.3) is 0 Å². The molecule has 6 unspecified atom stereocenters. The molecule has 20 heteroatoms. The summed E-state index contributed by atoms with van der Waals surface area (Å²) in [6.07, 6.45) is 7.95. The van der Waals surface area contributed by atoms with E-state index in [9.17, 15) is 38.4 Å². The summed E-state index contributed by atoms with van der Waals surface area (Å²) in [5, 5.41) is 28.6. The second kappa shape index (κ2) is 55.0. The molecule has 0 aromatic carbocycles. The highest BCUT2D eigenvalue weighted by atomic mass is 16.6. The van der Waals surface area contributed by atoms with Gasteiger partial charge < -0.3 is 59.2 Å². The molecule has 4 N–H and O–H groups in total. The van der Waals surface area contributed by atoms with E-state index in [4.69, 9.17) is 34.3 Å². The number of hydrogen-bond acceptors (Lipinski definition) is 15. The van der Waals surface area contributed by atoms with Crippen molar-refractivity contribution in [3.05, 3.63) is 0 Å². The number of aliphatic hydroxyl groups is 3. The molecule has 508 valence electrons. The fourth-order valence-electron chi connectivity index (χ4n) is 5.79. The van der Waals surface area contributed by atoms with Gasteiger partial charge in [0.1, 0.15) is 25.9 Å². The molecule has 5 amide bonds. The van der Waals surface area contributed by atoms with Gasteiger partial charge in [-0.3, -0.25) is 38.4 Å². The Balaban J connectivity index is -0.000000164. The first kappa shape index (κ1) is 94.3. The van der Waals surface area contributed by atoms with Crippen LogP contribution in [-0.4, -0.2) is 194 Å². The molecule has 1 heterocycles. The maximum atomic E-state index is 11.5. The predicted octanol–water partition coefficient (Wildman–Crippen LogP) is 10.1. The zero-order valence-corrected chi connectivity index (χ0v) is 59.5. The fourth-order valence-corrected chi connectivity index (χ4v) is 5.79. The molecule has 6 atom stereocenters. The van der Waals surface area contributed by atoms with Crippen LogP contribution in [0.2, 0.25) is 0 Å². The molecule has 0 aromatic rings. The maximum absolute atomic E-state index is 11.5. The molecule has 0 spiro atoms. The van der Waals surface area contributed by atoms with E-state index in [-0.39, 0.29) is 97.2 Å². The highest BCUT2D eigenvalue weighted by Crippen LogP contribution is 2.23. The van der Waals surface area contributed by atoms with Crippen LogP contribution < -0.4 is 5.32 Å². The van der Waals surface area contributed by atoms with E-state index in [0.29, 0.717) is 37.6 Å². The van der Waals surface area contributed by atoms with Crippen LogP contribution in [-0.2, 0) is 57.3 Å². The molecule has 1 aliphatic heterocycles. The first-order valence-corrected chi connectivity index (χ1v) is 31.4. The lowest BCUT2D eigenvalue weighted by Gasteiger charge is -2.22. The topological polar surface area (TPSA) is 259 Å². The van der Waals surface area contributed by atoms with Gasteiger partial charge in [0.25, 0.3) is 0 Å². The van der Waals surface area contributed by atoms with Crippen molar-refractivity contribution in [1.82, 2.24) is 24.9 Å². The van der Waals surface area contributed by atoms with Crippen molar-refractivity contribution in [3.8, 4) is 0 Å². The molecule has 0 aromatic heterocycles. The Morgan fingerprint density at radius 2 is 1.01 bits per heavy atom. The van der Waals surface area contributed by atoms with Crippen molar-refractivity contribution in [2.75, 3.05) is 87.5 Å². The second-order valence-electron chi connectivity index (χ2n) is 23.8. The van der Waals surface area contributed by atoms with Gasteiger partial charge in [0.05, 0.1) is 36.1 Å². The Morgan fingerprint density at radius 3 is 1.28 bits per heavy atom. The summed E-state index contributed by atoms with van der Waals surface area (Å²) >= 11 is 0. The number of esters is 3. The van der Waals surface area contributed by atoms with Gasteiger partial charge >= 0.3 is 17.9 Å². The van der Waals surface area contributed by atoms with Gasteiger partial charge in [-0.05, 0) is 141 Å². The van der Waals surface area contributed by atoms with Crippen molar-refractivity contribution in [3.63, 3.8) is 0 Å². The summed E-state index contributed by atoms with van der Waals surface area (Å²) in [6.45, 7) is 49.6. The molecule has 20 nitrogen and oxygen atoms in total. The third-order valence-electron chi connectivity index (χ3n) is 14.8.